The van der Waals surface area contributed by atoms with Crippen LogP contribution < -0.4 is 0 Å². The predicted octanol–water partition coefficient (Wildman–Crippen LogP) is 1.60. The normalized spacial score (nSPS) is 15.0. The van der Waals surface area contributed by atoms with Gasteiger partial charge in [0.05, 0.1) is 6.20 Å². The van der Waals surface area contributed by atoms with Gasteiger partial charge >= 0.3 is 0 Å². The van der Waals surface area contributed by atoms with Crippen LogP contribution in [0.3, 0.4) is 0 Å². The third-order valence-corrected chi connectivity index (χ3v) is 3.92. The largest absolute Gasteiger partial charge is 0.337 e. The van der Waals surface area contributed by atoms with Gasteiger partial charge in [0.1, 0.15) is 11.5 Å². The molecule has 1 aliphatic rings. The molecule has 1 aromatic carbocycles. The molecule has 0 radical (unpaired) electrons. The van der Waals surface area contributed by atoms with Crippen LogP contribution in [0.5, 0.6) is 0 Å². The Hall–Kier alpha value is -2.83. The molecule has 0 aliphatic carbocycles. The van der Waals surface area contributed by atoms with Crippen LogP contribution in [0, 0.1) is 5.82 Å². The van der Waals surface area contributed by atoms with Gasteiger partial charge < -0.3 is 9.80 Å². The zero-order valence-corrected chi connectivity index (χ0v) is 13.1. The third-order valence-electron chi connectivity index (χ3n) is 3.92. The van der Waals surface area contributed by atoms with E-state index in [-0.39, 0.29) is 11.8 Å². The Labute approximate surface area is 138 Å². The lowest BCUT2D eigenvalue weighted by atomic mass is 10.2. The SMILES string of the molecule is O=C(c1cccc(F)c1)N1CCCN(C(=O)c2cnccn2)CC1. The highest BCUT2D eigenvalue weighted by atomic mass is 19.1. The lowest BCUT2D eigenvalue weighted by Crippen LogP contribution is -2.37. The molecule has 0 N–H and O–H groups in total. The highest BCUT2D eigenvalue weighted by Crippen LogP contribution is 2.12. The first-order chi connectivity index (χ1) is 11.6. The van der Waals surface area contributed by atoms with Gasteiger partial charge in [0.15, 0.2) is 0 Å². The summed E-state index contributed by atoms with van der Waals surface area (Å²) < 4.78 is 13.3. The van der Waals surface area contributed by atoms with Gasteiger partial charge in [0.2, 0.25) is 0 Å². The Morgan fingerprint density at radius 1 is 1.00 bits per heavy atom. The summed E-state index contributed by atoms with van der Waals surface area (Å²) in [4.78, 5) is 36.1. The van der Waals surface area contributed by atoms with E-state index >= 15 is 0 Å². The lowest BCUT2D eigenvalue weighted by molar-refractivity contribution is 0.0715. The maximum atomic E-state index is 13.3. The Morgan fingerprint density at radius 2 is 1.75 bits per heavy atom. The molecule has 2 heterocycles. The fourth-order valence-corrected chi connectivity index (χ4v) is 2.70. The summed E-state index contributed by atoms with van der Waals surface area (Å²) in [6, 6.07) is 5.65. The number of benzene rings is 1. The van der Waals surface area contributed by atoms with Crippen molar-refractivity contribution in [2.75, 3.05) is 26.2 Å². The first-order valence-electron chi connectivity index (χ1n) is 7.75. The molecule has 2 amide bonds. The molecule has 1 fully saturated rings. The van der Waals surface area contributed by atoms with E-state index in [0.717, 1.165) is 0 Å². The van der Waals surface area contributed by atoms with E-state index in [1.165, 1.54) is 36.8 Å². The standard InChI is InChI=1S/C17H17FN4O2/c18-14-4-1-3-13(11-14)16(23)21-7-2-8-22(10-9-21)17(24)15-12-19-5-6-20-15/h1,3-6,11-12H,2,7-10H2. The molecule has 0 unspecified atom stereocenters. The van der Waals surface area contributed by atoms with Crippen LogP contribution in [0.15, 0.2) is 42.9 Å². The van der Waals surface area contributed by atoms with Crippen LogP contribution in [0.25, 0.3) is 0 Å². The Bertz CT molecular complexity index is 738. The fourth-order valence-electron chi connectivity index (χ4n) is 2.70. The zero-order chi connectivity index (χ0) is 16.9. The number of carbonyl (C=O) groups excluding carboxylic acids is 2. The van der Waals surface area contributed by atoms with Gasteiger partial charge in [-0.25, -0.2) is 9.37 Å². The monoisotopic (exact) mass is 328 g/mol. The minimum atomic E-state index is -0.435. The van der Waals surface area contributed by atoms with Gasteiger partial charge in [-0.1, -0.05) is 6.07 Å². The molecule has 0 atom stereocenters. The molecule has 2 aromatic rings. The van der Waals surface area contributed by atoms with Gasteiger partial charge in [0.25, 0.3) is 11.8 Å². The molecule has 24 heavy (non-hydrogen) atoms. The van der Waals surface area contributed by atoms with Crippen molar-refractivity contribution in [3.63, 3.8) is 0 Å². The van der Waals surface area contributed by atoms with Crippen molar-refractivity contribution in [1.82, 2.24) is 19.8 Å². The number of carbonyl (C=O) groups is 2. The molecule has 1 aromatic heterocycles. The number of hydrogen-bond acceptors (Lipinski definition) is 4. The van der Waals surface area contributed by atoms with Crippen LogP contribution in [0.4, 0.5) is 4.39 Å². The lowest BCUT2D eigenvalue weighted by Gasteiger charge is -2.22. The highest BCUT2D eigenvalue weighted by molar-refractivity contribution is 5.94. The first-order valence-corrected chi connectivity index (χ1v) is 7.75. The smallest absolute Gasteiger partial charge is 0.274 e. The van der Waals surface area contributed by atoms with Gasteiger partial charge in [-0.05, 0) is 24.6 Å². The van der Waals surface area contributed by atoms with Crippen molar-refractivity contribution in [2.24, 2.45) is 0 Å². The average molecular weight is 328 g/mol. The number of halogens is 1. The van der Waals surface area contributed by atoms with E-state index in [9.17, 15) is 14.0 Å². The molecule has 6 nitrogen and oxygen atoms in total. The van der Waals surface area contributed by atoms with Gasteiger partial charge in [0, 0.05) is 44.1 Å². The molecule has 0 spiro atoms. The molecule has 1 saturated heterocycles. The molecule has 7 heteroatoms. The van der Waals surface area contributed by atoms with E-state index in [2.05, 4.69) is 9.97 Å². The average Bonchev–Trinajstić information content (AvgIpc) is 2.87. The minimum Gasteiger partial charge on any atom is -0.337 e. The van der Waals surface area contributed by atoms with E-state index < -0.39 is 5.82 Å². The summed E-state index contributed by atoms with van der Waals surface area (Å²) in [7, 11) is 0. The maximum Gasteiger partial charge on any atom is 0.274 e. The summed E-state index contributed by atoms with van der Waals surface area (Å²) in [5, 5.41) is 0. The molecule has 0 bridgehead atoms. The number of hydrogen-bond donors (Lipinski definition) is 0. The van der Waals surface area contributed by atoms with Crippen molar-refractivity contribution in [2.45, 2.75) is 6.42 Å². The topological polar surface area (TPSA) is 66.4 Å². The maximum absolute atomic E-state index is 13.3. The van der Waals surface area contributed by atoms with Crippen LogP contribution in [-0.2, 0) is 0 Å². The van der Waals surface area contributed by atoms with Crippen molar-refractivity contribution < 1.29 is 14.0 Å². The number of rotatable bonds is 2. The van der Waals surface area contributed by atoms with E-state index in [0.29, 0.717) is 43.9 Å². The third kappa shape index (κ3) is 3.56. The molecular formula is C17H17FN4O2. The number of nitrogens with zero attached hydrogens (tertiary/aromatic N) is 4. The Kier molecular flexibility index (Phi) is 4.79. The second-order valence-electron chi connectivity index (χ2n) is 5.54. The highest BCUT2D eigenvalue weighted by Gasteiger charge is 2.24. The van der Waals surface area contributed by atoms with Crippen molar-refractivity contribution in [3.05, 3.63) is 59.9 Å². The summed E-state index contributed by atoms with van der Waals surface area (Å²) in [6.45, 7) is 1.89. The Balaban J connectivity index is 1.67. The predicted molar refractivity (Wildman–Crippen MR) is 84.9 cm³/mol. The molecule has 0 saturated carbocycles. The van der Waals surface area contributed by atoms with Crippen molar-refractivity contribution in [1.29, 1.82) is 0 Å². The summed E-state index contributed by atoms with van der Waals surface area (Å²) in [5.74, 6) is -0.846. The van der Waals surface area contributed by atoms with Crippen LogP contribution in [-0.4, -0.2) is 57.8 Å². The summed E-state index contributed by atoms with van der Waals surface area (Å²) in [6.07, 6.45) is 5.08. The van der Waals surface area contributed by atoms with Gasteiger partial charge in [-0.3, -0.25) is 14.6 Å². The van der Waals surface area contributed by atoms with E-state index in [1.807, 2.05) is 0 Å². The fraction of sp³-hybridized carbons (Fsp3) is 0.294. The van der Waals surface area contributed by atoms with E-state index in [4.69, 9.17) is 0 Å². The van der Waals surface area contributed by atoms with Crippen LogP contribution in [0.2, 0.25) is 0 Å². The number of amides is 2. The summed E-state index contributed by atoms with van der Waals surface area (Å²) in [5.41, 5.74) is 0.617. The van der Waals surface area contributed by atoms with Gasteiger partial charge in [-0.2, -0.15) is 0 Å². The Morgan fingerprint density at radius 3 is 2.42 bits per heavy atom. The molecule has 124 valence electrons. The van der Waals surface area contributed by atoms with E-state index in [1.54, 1.807) is 15.9 Å². The van der Waals surface area contributed by atoms with Crippen LogP contribution >= 0.6 is 0 Å². The quantitative estimate of drug-likeness (QED) is 0.840. The summed E-state index contributed by atoms with van der Waals surface area (Å²) >= 11 is 0. The molecule has 3 rings (SSSR count). The van der Waals surface area contributed by atoms with Crippen molar-refractivity contribution in [3.8, 4) is 0 Å². The zero-order valence-electron chi connectivity index (χ0n) is 13.1. The molecule has 1 aliphatic heterocycles. The molecular weight excluding hydrogens is 311 g/mol. The second kappa shape index (κ2) is 7.16. The number of aromatic nitrogens is 2. The van der Waals surface area contributed by atoms with Crippen LogP contribution in [0.1, 0.15) is 27.3 Å². The first kappa shape index (κ1) is 16.0. The minimum absolute atomic E-state index is 0.192. The van der Waals surface area contributed by atoms with Gasteiger partial charge in [-0.15, -0.1) is 0 Å². The second-order valence-corrected chi connectivity index (χ2v) is 5.54. The van der Waals surface area contributed by atoms with Crippen molar-refractivity contribution >= 4 is 11.8 Å².